The van der Waals surface area contributed by atoms with Crippen molar-refractivity contribution >= 4 is 12.6 Å². The number of amides is 1. The largest absolute Gasteiger partial charge is 0.492 e. The Morgan fingerprint density at radius 1 is 1.26 bits per heavy atom. The summed E-state index contributed by atoms with van der Waals surface area (Å²) in [6.07, 6.45) is 2.16. The van der Waals surface area contributed by atoms with Gasteiger partial charge in [-0.25, -0.2) is 9.38 Å². The Labute approximate surface area is 160 Å². The number of hydrogen-bond donors (Lipinski definition) is 2. The first-order valence-corrected chi connectivity index (χ1v) is 9.06. The van der Waals surface area contributed by atoms with Crippen LogP contribution in [0.4, 0.5) is 4.39 Å². The lowest BCUT2D eigenvalue weighted by Gasteiger charge is -2.18. The molecule has 0 aliphatic heterocycles. The highest BCUT2D eigenvalue weighted by atomic mass is 19.1. The molecule has 1 aromatic carbocycles. The summed E-state index contributed by atoms with van der Waals surface area (Å²) < 4.78 is 18.4. The molecule has 0 heterocycles. The molecule has 0 aromatic heterocycles. The van der Waals surface area contributed by atoms with Crippen molar-refractivity contribution in [3.05, 3.63) is 52.6 Å². The van der Waals surface area contributed by atoms with Crippen LogP contribution >= 0.6 is 0 Å². The molecule has 2 N–H and O–H groups in total. The zero-order valence-electron chi connectivity index (χ0n) is 16.5. The normalized spacial score (nSPS) is 15.3. The monoisotopic (exact) mass is 373 g/mol. The van der Waals surface area contributed by atoms with Gasteiger partial charge in [0.15, 0.2) is 0 Å². The molecule has 0 saturated heterocycles. The van der Waals surface area contributed by atoms with E-state index in [1.165, 1.54) is 12.1 Å². The number of nitrogens with zero attached hydrogens (tertiary/aromatic N) is 1. The van der Waals surface area contributed by atoms with Crippen LogP contribution in [0.15, 0.2) is 51.8 Å². The molecule has 0 unspecified atom stereocenters. The topological polar surface area (TPSA) is 62.7 Å². The number of carbonyl (C=O) groups excluding carboxylic acids is 1. The summed E-state index contributed by atoms with van der Waals surface area (Å²) in [7, 11) is 0. The van der Waals surface area contributed by atoms with E-state index >= 15 is 0 Å². The average Bonchev–Trinajstić information content (AvgIpc) is 3.35. The van der Waals surface area contributed by atoms with Crippen LogP contribution in [0.1, 0.15) is 40.5 Å². The second-order valence-corrected chi connectivity index (χ2v) is 7.25. The lowest BCUT2D eigenvalue weighted by Crippen LogP contribution is -2.32. The zero-order chi connectivity index (χ0) is 20.0. The van der Waals surface area contributed by atoms with Crippen LogP contribution < -0.4 is 15.4 Å². The predicted octanol–water partition coefficient (Wildman–Crippen LogP) is 3.73. The molecule has 1 fully saturated rings. The molecule has 1 aliphatic rings. The van der Waals surface area contributed by atoms with Crippen LogP contribution in [-0.2, 0) is 4.79 Å². The van der Waals surface area contributed by atoms with Gasteiger partial charge in [-0.15, -0.1) is 0 Å². The second kappa shape index (κ2) is 8.84. The molecule has 1 amide bonds. The van der Waals surface area contributed by atoms with Crippen molar-refractivity contribution in [1.82, 2.24) is 10.6 Å². The maximum atomic E-state index is 12.9. The van der Waals surface area contributed by atoms with Crippen molar-refractivity contribution in [2.75, 3.05) is 13.2 Å². The van der Waals surface area contributed by atoms with E-state index in [2.05, 4.69) is 29.3 Å². The van der Waals surface area contributed by atoms with Crippen LogP contribution in [0.3, 0.4) is 0 Å². The third-order valence-electron chi connectivity index (χ3n) is 4.51. The Kier molecular flexibility index (Phi) is 6.77. The Balaban J connectivity index is 1.97. The fraction of sp³-hybridized carbons (Fsp3) is 0.429. The van der Waals surface area contributed by atoms with Gasteiger partial charge in [0.05, 0.1) is 6.54 Å². The predicted molar refractivity (Wildman–Crippen MR) is 106 cm³/mol. The molecule has 27 heavy (non-hydrogen) atoms. The Bertz CT molecular complexity index is 758. The van der Waals surface area contributed by atoms with Crippen molar-refractivity contribution in [2.24, 2.45) is 4.99 Å². The van der Waals surface area contributed by atoms with Gasteiger partial charge in [0.25, 0.3) is 5.91 Å². The highest BCUT2D eigenvalue weighted by molar-refractivity contribution is 5.98. The number of allylic oxidation sites excluding steroid dienone is 1. The number of carbonyl (C=O) groups is 1. The summed E-state index contributed by atoms with van der Waals surface area (Å²) in [6, 6.07) is 5.77. The first-order chi connectivity index (χ1) is 12.8. The third-order valence-corrected chi connectivity index (χ3v) is 4.51. The fourth-order valence-electron chi connectivity index (χ4n) is 2.69. The van der Waals surface area contributed by atoms with Crippen molar-refractivity contribution < 1.29 is 13.9 Å². The highest BCUT2D eigenvalue weighted by Gasteiger charge is 2.38. The van der Waals surface area contributed by atoms with Gasteiger partial charge in [-0.05, 0) is 71.5 Å². The minimum Gasteiger partial charge on any atom is -0.492 e. The Hall–Kier alpha value is -2.63. The molecular formula is C21H28FN3O2. The quantitative estimate of drug-likeness (QED) is 0.300. The maximum absolute atomic E-state index is 12.9. The third kappa shape index (κ3) is 5.94. The van der Waals surface area contributed by atoms with E-state index in [9.17, 15) is 9.18 Å². The van der Waals surface area contributed by atoms with Gasteiger partial charge in [-0.1, -0.05) is 5.57 Å². The van der Waals surface area contributed by atoms with E-state index in [4.69, 9.17) is 4.74 Å². The van der Waals surface area contributed by atoms with Crippen LogP contribution in [0.25, 0.3) is 0 Å². The first kappa shape index (κ1) is 20.7. The van der Waals surface area contributed by atoms with Crippen molar-refractivity contribution in [1.29, 1.82) is 0 Å². The maximum Gasteiger partial charge on any atom is 0.251 e. The minimum atomic E-state index is -0.314. The smallest absolute Gasteiger partial charge is 0.251 e. The van der Waals surface area contributed by atoms with Gasteiger partial charge in [0.1, 0.15) is 24.0 Å². The molecule has 0 atom stereocenters. The van der Waals surface area contributed by atoms with Crippen molar-refractivity contribution in [3.63, 3.8) is 0 Å². The second-order valence-electron chi connectivity index (χ2n) is 7.25. The van der Waals surface area contributed by atoms with Crippen LogP contribution in [0, 0.1) is 5.82 Å². The summed E-state index contributed by atoms with van der Waals surface area (Å²) in [6.45, 7) is 12.1. The standard InChI is InChI=1S/C21H28FN3O2/c1-14(2)18(15(3)19(23-5)25-21(4)10-11-21)20(26)24-12-13-27-17-8-6-16(22)7-9-17/h6-9,25H,5,10-13H2,1-4H3,(H,24,26)/b19-15-. The lowest BCUT2D eigenvalue weighted by atomic mass is 10.0. The summed E-state index contributed by atoms with van der Waals surface area (Å²) in [5.74, 6) is 0.707. The fourth-order valence-corrected chi connectivity index (χ4v) is 2.69. The molecule has 1 aliphatic carbocycles. The van der Waals surface area contributed by atoms with E-state index in [0.29, 0.717) is 30.3 Å². The number of nitrogens with one attached hydrogen (secondary N) is 2. The Morgan fingerprint density at radius 3 is 2.41 bits per heavy atom. The van der Waals surface area contributed by atoms with Gasteiger partial charge in [0, 0.05) is 16.7 Å². The number of halogens is 1. The number of aliphatic imine (C=N–C) groups is 1. The number of benzene rings is 1. The highest BCUT2D eigenvalue weighted by Crippen LogP contribution is 2.36. The van der Waals surface area contributed by atoms with E-state index < -0.39 is 0 Å². The number of hydrogen-bond acceptors (Lipinski definition) is 4. The molecule has 6 heteroatoms. The van der Waals surface area contributed by atoms with Crippen molar-refractivity contribution in [2.45, 2.75) is 46.1 Å². The molecule has 1 saturated carbocycles. The van der Waals surface area contributed by atoms with Gasteiger partial charge in [-0.3, -0.25) is 4.79 Å². The van der Waals surface area contributed by atoms with E-state index in [-0.39, 0.29) is 17.3 Å². The molecule has 5 nitrogen and oxygen atoms in total. The average molecular weight is 373 g/mol. The Morgan fingerprint density at radius 2 is 1.89 bits per heavy atom. The zero-order valence-corrected chi connectivity index (χ0v) is 16.5. The molecule has 2 rings (SSSR count). The van der Waals surface area contributed by atoms with Crippen LogP contribution in [-0.4, -0.2) is 31.3 Å². The summed E-state index contributed by atoms with van der Waals surface area (Å²) in [5, 5.41) is 6.25. The minimum absolute atomic E-state index is 0.0456. The first-order valence-electron chi connectivity index (χ1n) is 9.06. The molecule has 146 valence electrons. The lowest BCUT2D eigenvalue weighted by molar-refractivity contribution is -0.117. The van der Waals surface area contributed by atoms with Gasteiger partial charge in [-0.2, -0.15) is 0 Å². The van der Waals surface area contributed by atoms with Crippen molar-refractivity contribution in [3.8, 4) is 5.75 Å². The summed E-state index contributed by atoms with van der Waals surface area (Å²) in [4.78, 5) is 16.8. The van der Waals surface area contributed by atoms with Gasteiger partial charge in [0.2, 0.25) is 0 Å². The molecule has 0 bridgehead atoms. The molecule has 0 spiro atoms. The van der Waals surface area contributed by atoms with E-state index in [1.807, 2.05) is 20.8 Å². The van der Waals surface area contributed by atoms with E-state index in [0.717, 1.165) is 24.0 Å². The number of ether oxygens (including phenoxy) is 1. The van der Waals surface area contributed by atoms with E-state index in [1.54, 1.807) is 12.1 Å². The SMILES string of the molecule is C=N/C(NC1(C)CC1)=C(\C)C(C(=O)NCCOc1ccc(F)cc1)=C(C)C. The van der Waals surface area contributed by atoms with Gasteiger partial charge >= 0.3 is 0 Å². The van der Waals surface area contributed by atoms with Crippen LogP contribution in [0.5, 0.6) is 5.75 Å². The van der Waals surface area contributed by atoms with Gasteiger partial charge < -0.3 is 15.4 Å². The van der Waals surface area contributed by atoms with Crippen LogP contribution in [0.2, 0.25) is 0 Å². The summed E-state index contributed by atoms with van der Waals surface area (Å²) >= 11 is 0. The summed E-state index contributed by atoms with van der Waals surface area (Å²) in [5.41, 5.74) is 2.31. The molecule has 1 aromatic rings. The molecular weight excluding hydrogens is 345 g/mol. The molecule has 0 radical (unpaired) electrons. The number of rotatable bonds is 9.